The number of nitrogens with one attached hydrogen (secondary N) is 1. The van der Waals surface area contributed by atoms with Crippen molar-refractivity contribution in [2.24, 2.45) is 5.73 Å². The van der Waals surface area contributed by atoms with Gasteiger partial charge in [-0.2, -0.15) is 4.98 Å². The number of nitrogens with two attached hydrogens (primary N) is 1. The number of H-pyrrole nitrogens is 1. The van der Waals surface area contributed by atoms with Crippen molar-refractivity contribution in [2.45, 2.75) is 19.4 Å². The Morgan fingerprint density at radius 3 is 2.91 bits per heavy atom. The van der Waals surface area contributed by atoms with E-state index in [0.29, 0.717) is 24.7 Å². The van der Waals surface area contributed by atoms with E-state index in [1.807, 2.05) is 0 Å². The van der Waals surface area contributed by atoms with Crippen LogP contribution in [0.15, 0.2) is 28.9 Å². The average molecular weight is 299 g/mol. The van der Waals surface area contributed by atoms with E-state index in [4.69, 9.17) is 10.3 Å². The summed E-state index contributed by atoms with van der Waals surface area (Å²) in [5.41, 5.74) is 9.15. The van der Waals surface area contributed by atoms with Crippen molar-refractivity contribution in [3.05, 3.63) is 47.2 Å². The molecule has 6 nitrogen and oxygen atoms in total. The molecular formula is C16H21N5O. The normalized spacial score (nSPS) is 11.6. The highest BCUT2D eigenvalue weighted by atomic mass is 16.5. The molecule has 0 atom stereocenters. The molecule has 0 saturated carbocycles. The largest absolute Gasteiger partial charge is 0.361 e. The summed E-state index contributed by atoms with van der Waals surface area (Å²) in [5, 5.41) is 5.09. The van der Waals surface area contributed by atoms with Crippen LogP contribution in [0.3, 0.4) is 0 Å². The lowest BCUT2D eigenvalue weighted by atomic mass is 10.1. The minimum Gasteiger partial charge on any atom is -0.361 e. The molecule has 0 spiro atoms. The van der Waals surface area contributed by atoms with E-state index in [-0.39, 0.29) is 0 Å². The molecule has 0 aliphatic rings. The Balaban J connectivity index is 1.83. The van der Waals surface area contributed by atoms with Gasteiger partial charge in [-0.05, 0) is 43.8 Å². The van der Waals surface area contributed by atoms with Crippen molar-refractivity contribution in [1.29, 1.82) is 0 Å². The zero-order valence-electron chi connectivity index (χ0n) is 13.0. The summed E-state index contributed by atoms with van der Waals surface area (Å²) in [7, 11) is 4.18. The van der Waals surface area contributed by atoms with Crippen molar-refractivity contribution in [3.63, 3.8) is 0 Å². The topological polar surface area (TPSA) is 84.0 Å². The van der Waals surface area contributed by atoms with Crippen LogP contribution in [0.2, 0.25) is 0 Å². The number of nitrogens with zero attached hydrogens (tertiary/aromatic N) is 3. The highest BCUT2D eigenvalue weighted by Crippen LogP contribution is 2.21. The third kappa shape index (κ3) is 3.18. The van der Waals surface area contributed by atoms with E-state index in [9.17, 15) is 0 Å². The lowest BCUT2D eigenvalue weighted by Gasteiger charge is -2.08. The Morgan fingerprint density at radius 1 is 1.32 bits per heavy atom. The van der Waals surface area contributed by atoms with Crippen molar-refractivity contribution in [1.82, 2.24) is 20.0 Å². The number of benzene rings is 1. The number of aromatic amines is 1. The number of aromatic nitrogens is 3. The van der Waals surface area contributed by atoms with Gasteiger partial charge in [0.15, 0.2) is 5.82 Å². The monoisotopic (exact) mass is 299 g/mol. The molecule has 6 heteroatoms. The Kier molecular flexibility index (Phi) is 4.22. The Labute approximate surface area is 129 Å². The van der Waals surface area contributed by atoms with Crippen molar-refractivity contribution < 1.29 is 4.52 Å². The first-order valence-corrected chi connectivity index (χ1v) is 7.41. The third-order valence-corrected chi connectivity index (χ3v) is 3.71. The lowest BCUT2D eigenvalue weighted by Crippen LogP contribution is -2.14. The Hall–Kier alpha value is -2.18. The zero-order chi connectivity index (χ0) is 15.5. The lowest BCUT2D eigenvalue weighted by molar-refractivity contribution is 0.379. The summed E-state index contributed by atoms with van der Waals surface area (Å²) in [6, 6.07) is 6.38. The quantitative estimate of drug-likeness (QED) is 0.724. The molecule has 3 rings (SSSR count). The van der Waals surface area contributed by atoms with Crippen molar-refractivity contribution in [3.8, 4) is 0 Å². The Morgan fingerprint density at radius 2 is 2.18 bits per heavy atom. The van der Waals surface area contributed by atoms with Crippen LogP contribution in [-0.2, 0) is 19.4 Å². The molecule has 116 valence electrons. The molecule has 1 aromatic carbocycles. The number of rotatable bonds is 6. The average Bonchev–Trinajstić information content (AvgIpc) is 3.11. The molecule has 0 aliphatic heterocycles. The second-order valence-electron chi connectivity index (χ2n) is 5.73. The predicted octanol–water partition coefficient (Wildman–Crippen LogP) is 1.70. The van der Waals surface area contributed by atoms with Crippen LogP contribution < -0.4 is 5.73 Å². The van der Waals surface area contributed by atoms with Crippen LogP contribution in [0.25, 0.3) is 10.9 Å². The summed E-state index contributed by atoms with van der Waals surface area (Å²) in [4.78, 5) is 9.78. The first kappa shape index (κ1) is 14.7. The minimum atomic E-state index is 0.301. The highest BCUT2D eigenvalue weighted by Gasteiger charge is 2.09. The van der Waals surface area contributed by atoms with Gasteiger partial charge in [0.05, 0.1) is 13.0 Å². The highest BCUT2D eigenvalue weighted by molar-refractivity contribution is 5.84. The molecule has 0 unspecified atom stereocenters. The number of fused-ring (bicyclic) bond motifs is 1. The van der Waals surface area contributed by atoms with Gasteiger partial charge in [-0.3, -0.25) is 0 Å². The van der Waals surface area contributed by atoms with Gasteiger partial charge in [-0.1, -0.05) is 11.2 Å². The van der Waals surface area contributed by atoms with Crippen LogP contribution >= 0.6 is 0 Å². The van der Waals surface area contributed by atoms with Crippen LogP contribution in [0.1, 0.15) is 22.8 Å². The first-order valence-electron chi connectivity index (χ1n) is 7.41. The molecule has 3 aromatic rings. The van der Waals surface area contributed by atoms with Crippen molar-refractivity contribution in [2.75, 3.05) is 20.6 Å². The second kappa shape index (κ2) is 6.29. The summed E-state index contributed by atoms with van der Waals surface area (Å²) >= 11 is 0. The van der Waals surface area contributed by atoms with Crippen LogP contribution in [-0.4, -0.2) is 40.7 Å². The predicted molar refractivity (Wildman–Crippen MR) is 85.6 cm³/mol. The molecule has 0 amide bonds. The minimum absolute atomic E-state index is 0.301. The maximum Gasteiger partial charge on any atom is 0.231 e. The van der Waals surface area contributed by atoms with Gasteiger partial charge in [-0.25, -0.2) is 0 Å². The van der Waals surface area contributed by atoms with Crippen LogP contribution in [0.4, 0.5) is 0 Å². The van der Waals surface area contributed by atoms with Gasteiger partial charge in [0.25, 0.3) is 0 Å². The molecule has 0 saturated heterocycles. The van der Waals surface area contributed by atoms with Crippen LogP contribution in [0, 0.1) is 0 Å². The van der Waals surface area contributed by atoms with Gasteiger partial charge in [0.2, 0.25) is 5.89 Å². The molecule has 0 fully saturated rings. The van der Waals surface area contributed by atoms with Gasteiger partial charge in [0.1, 0.15) is 0 Å². The smallest absolute Gasteiger partial charge is 0.231 e. The second-order valence-corrected chi connectivity index (χ2v) is 5.73. The van der Waals surface area contributed by atoms with Crippen LogP contribution in [0.5, 0.6) is 0 Å². The molecule has 3 N–H and O–H groups in total. The van der Waals surface area contributed by atoms with E-state index < -0.39 is 0 Å². The van der Waals surface area contributed by atoms with Gasteiger partial charge in [0, 0.05) is 23.6 Å². The van der Waals surface area contributed by atoms with E-state index in [0.717, 1.165) is 24.0 Å². The fourth-order valence-corrected chi connectivity index (χ4v) is 2.51. The SMILES string of the molecule is CN(C)CCc1c[nH]c2ccc(Cc3nc(CN)no3)cc12. The van der Waals surface area contributed by atoms with E-state index in [1.165, 1.54) is 10.9 Å². The van der Waals surface area contributed by atoms with E-state index >= 15 is 0 Å². The maximum absolute atomic E-state index is 5.50. The van der Waals surface area contributed by atoms with Gasteiger partial charge in [-0.15, -0.1) is 0 Å². The van der Waals surface area contributed by atoms with Gasteiger partial charge >= 0.3 is 0 Å². The first-order chi connectivity index (χ1) is 10.7. The van der Waals surface area contributed by atoms with Crippen molar-refractivity contribution >= 4 is 10.9 Å². The fraction of sp³-hybridized carbons (Fsp3) is 0.375. The summed E-state index contributed by atoms with van der Waals surface area (Å²) in [6.07, 6.45) is 3.74. The number of hydrogen-bond acceptors (Lipinski definition) is 5. The number of likely N-dealkylation sites (N-methyl/N-ethyl adjacent to an activating group) is 1. The molecule has 2 heterocycles. The molecule has 22 heavy (non-hydrogen) atoms. The summed E-state index contributed by atoms with van der Waals surface area (Å²) < 4.78 is 5.21. The maximum atomic E-state index is 5.50. The third-order valence-electron chi connectivity index (χ3n) is 3.71. The fourth-order valence-electron chi connectivity index (χ4n) is 2.51. The Bertz CT molecular complexity index is 759. The van der Waals surface area contributed by atoms with E-state index in [2.05, 4.69) is 58.5 Å². The standard InChI is InChI=1S/C16H21N5O/c1-21(2)6-5-12-10-18-14-4-3-11(7-13(12)14)8-16-19-15(9-17)20-22-16/h3-4,7,10,18H,5-6,8-9,17H2,1-2H3. The molecule has 0 radical (unpaired) electrons. The number of hydrogen-bond donors (Lipinski definition) is 2. The molecule has 0 bridgehead atoms. The molecule has 2 aromatic heterocycles. The zero-order valence-corrected chi connectivity index (χ0v) is 13.0. The molecular weight excluding hydrogens is 278 g/mol. The summed E-state index contributed by atoms with van der Waals surface area (Å²) in [6.45, 7) is 1.33. The van der Waals surface area contributed by atoms with E-state index in [1.54, 1.807) is 0 Å². The molecule has 0 aliphatic carbocycles. The summed E-state index contributed by atoms with van der Waals surface area (Å²) in [5.74, 6) is 1.15. The van der Waals surface area contributed by atoms with Gasteiger partial charge < -0.3 is 20.1 Å².